The van der Waals surface area contributed by atoms with E-state index in [0.29, 0.717) is 6.04 Å². The van der Waals surface area contributed by atoms with Gasteiger partial charge in [0.15, 0.2) is 0 Å². The van der Waals surface area contributed by atoms with E-state index in [9.17, 15) is 0 Å². The summed E-state index contributed by atoms with van der Waals surface area (Å²) in [6.07, 6.45) is 6.70. The van der Waals surface area contributed by atoms with Crippen molar-refractivity contribution in [3.05, 3.63) is 0 Å². The minimum atomic E-state index is 0.503. The van der Waals surface area contributed by atoms with Crippen LogP contribution in [0.3, 0.4) is 0 Å². The standard InChI is InChI=1S/C12H24N2/c1-10-4-6-14(7-5-10)9-11-2-3-12(13)8-11/h10-12H,2-9,13H2,1H3. The van der Waals surface area contributed by atoms with Crippen LogP contribution in [-0.4, -0.2) is 30.6 Å². The molecule has 0 radical (unpaired) electrons. The van der Waals surface area contributed by atoms with E-state index < -0.39 is 0 Å². The average Bonchev–Trinajstić information content (AvgIpc) is 2.56. The van der Waals surface area contributed by atoms with Crippen molar-refractivity contribution in [2.45, 2.75) is 45.1 Å². The Balaban J connectivity index is 1.70. The van der Waals surface area contributed by atoms with Gasteiger partial charge in [-0.05, 0) is 57.0 Å². The minimum Gasteiger partial charge on any atom is -0.328 e. The van der Waals surface area contributed by atoms with Gasteiger partial charge < -0.3 is 10.6 Å². The molecule has 2 fully saturated rings. The van der Waals surface area contributed by atoms with Gasteiger partial charge in [0, 0.05) is 12.6 Å². The van der Waals surface area contributed by atoms with E-state index >= 15 is 0 Å². The Hall–Kier alpha value is -0.0800. The molecule has 14 heavy (non-hydrogen) atoms. The van der Waals surface area contributed by atoms with Gasteiger partial charge in [0.05, 0.1) is 0 Å². The Labute approximate surface area is 87.8 Å². The summed E-state index contributed by atoms with van der Waals surface area (Å²) in [4.78, 5) is 2.66. The van der Waals surface area contributed by atoms with Crippen molar-refractivity contribution in [2.24, 2.45) is 17.6 Å². The Kier molecular flexibility index (Phi) is 3.45. The van der Waals surface area contributed by atoms with Gasteiger partial charge in [0.1, 0.15) is 0 Å². The molecule has 1 saturated carbocycles. The fourth-order valence-corrected chi connectivity index (χ4v) is 2.89. The molecule has 2 rings (SSSR count). The molecule has 2 atom stereocenters. The van der Waals surface area contributed by atoms with Gasteiger partial charge in [-0.15, -0.1) is 0 Å². The monoisotopic (exact) mass is 196 g/mol. The molecule has 1 heterocycles. The molecule has 0 bridgehead atoms. The Morgan fingerprint density at radius 2 is 1.86 bits per heavy atom. The molecule has 1 aliphatic carbocycles. The number of hydrogen-bond acceptors (Lipinski definition) is 2. The number of piperidine rings is 1. The Morgan fingerprint density at radius 1 is 1.14 bits per heavy atom. The quantitative estimate of drug-likeness (QED) is 0.730. The second-order valence-corrected chi connectivity index (χ2v) is 5.42. The van der Waals surface area contributed by atoms with Gasteiger partial charge in [-0.3, -0.25) is 0 Å². The Bertz CT molecular complexity index is 173. The first kappa shape index (κ1) is 10.4. The van der Waals surface area contributed by atoms with E-state index in [-0.39, 0.29) is 0 Å². The number of likely N-dealkylation sites (tertiary alicyclic amines) is 1. The highest BCUT2D eigenvalue weighted by Crippen LogP contribution is 2.26. The van der Waals surface area contributed by atoms with Crippen molar-refractivity contribution in [3.63, 3.8) is 0 Å². The lowest BCUT2D eigenvalue weighted by molar-refractivity contribution is 0.167. The third-order valence-corrected chi connectivity index (χ3v) is 3.97. The average molecular weight is 196 g/mol. The summed E-state index contributed by atoms with van der Waals surface area (Å²) >= 11 is 0. The third-order valence-electron chi connectivity index (χ3n) is 3.97. The van der Waals surface area contributed by atoms with Gasteiger partial charge >= 0.3 is 0 Å². The summed E-state index contributed by atoms with van der Waals surface area (Å²) in [5.41, 5.74) is 5.93. The van der Waals surface area contributed by atoms with E-state index in [4.69, 9.17) is 5.73 Å². The van der Waals surface area contributed by atoms with Crippen LogP contribution in [0.15, 0.2) is 0 Å². The highest BCUT2D eigenvalue weighted by molar-refractivity contribution is 4.81. The summed E-state index contributed by atoms with van der Waals surface area (Å²) in [5.74, 6) is 1.86. The fourth-order valence-electron chi connectivity index (χ4n) is 2.89. The van der Waals surface area contributed by atoms with Crippen LogP contribution in [-0.2, 0) is 0 Å². The van der Waals surface area contributed by atoms with Crippen molar-refractivity contribution in [1.29, 1.82) is 0 Å². The first-order chi connectivity index (χ1) is 6.74. The molecule has 0 spiro atoms. The molecule has 82 valence electrons. The van der Waals surface area contributed by atoms with Gasteiger partial charge in [-0.1, -0.05) is 6.92 Å². The maximum atomic E-state index is 5.93. The molecule has 0 aromatic rings. The van der Waals surface area contributed by atoms with Gasteiger partial charge in [-0.2, -0.15) is 0 Å². The first-order valence-electron chi connectivity index (χ1n) is 6.22. The largest absolute Gasteiger partial charge is 0.328 e. The van der Waals surface area contributed by atoms with Crippen molar-refractivity contribution in [2.75, 3.05) is 19.6 Å². The molecule has 2 unspecified atom stereocenters. The molecular weight excluding hydrogens is 172 g/mol. The van der Waals surface area contributed by atoms with Crippen LogP contribution in [0.5, 0.6) is 0 Å². The molecule has 1 aliphatic heterocycles. The summed E-state index contributed by atoms with van der Waals surface area (Å²) in [5, 5.41) is 0. The van der Waals surface area contributed by atoms with Crippen molar-refractivity contribution in [1.82, 2.24) is 4.90 Å². The van der Waals surface area contributed by atoms with E-state index in [1.165, 1.54) is 51.7 Å². The first-order valence-corrected chi connectivity index (χ1v) is 6.22. The number of rotatable bonds is 2. The van der Waals surface area contributed by atoms with Crippen molar-refractivity contribution < 1.29 is 0 Å². The lowest BCUT2D eigenvalue weighted by atomic mass is 9.97. The topological polar surface area (TPSA) is 29.3 Å². The van der Waals surface area contributed by atoms with Crippen LogP contribution < -0.4 is 5.73 Å². The second-order valence-electron chi connectivity index (χ2n) is 5.42. The van der Waals surface area contributed by atoms with E-state index in [1.54, 1.807) is 0 Å². The Morgan fingerprint density at radius 3 is 2.43 bits per heavy atom. The number of hydrogen-bond donors (Lipinski definition) is 1. The van der Waals surface area contributed by atoms with Crippen molar-refractivity contribution in [3.8, 4) is 0 Å². The highest BCUT2D eigenvalue weighted by Gasteiger charge is 2.25. The summed E-state index contributed by atoms with van der Waals surface area (Å²) in [7, 11) is 0. The third kappa shape index (κ3) is 2.71. The molecule has 0 aromatic heterocycles. The second kappa shape index (κ2) is 4.63. The molecule has 1 saturated heterocycles. The maximum Gasteiger partial charge on any atom is 0.00420 e. The van der Waals surface area contributed by atoms with E-state index in [0.717, 1.165) is 11.8 Å². The van der Waals surface area contributed by atoms with Crippen LogP contribution in [0, 0.1) is 11.8 Å². The van der Waals surface area contributed by atoms with Crippen LogP contribution in [0.1, 0.15) is 39.0 Å². The maximum absolute atomic E-state index is 5.93. The molecule has 0 aromatic carbocycles. The molecule has 2 nitrogen and oxygen atoms in total. The molecule has 0 amide bonds. The van der Waals surface area contributed by atoms with Crippen LogP contribution in [0.2, 0.25) is 0 Å². The van der Waals surface area contributed by atoms with Crippen molar-refractivity contribution >= 4 is 0 Å². The predicted molar refractivity (Wildman–Crippen MR) is 60.2 cm³/mol. The van der Waals surface area contributed by atoms with Gasteiger partial charge in [0.25, 0.3) is 0 Å². The van der Waals surface area contributed by atoms with E-state index in [1.807, 2.05) is 0 Å². The zero-order valence-corrected chi connectivity index (χ0v) is 9.41. The number of nitrogens with two attached hydrogens (primary N) is 1. The predicted octanol–water partition coefficient (Wildman–Crippen LogP) is 1.85. The lowest BCUT2D eigenvalue weighted by Gasteiger charge is -2.32. The molecule has 2 aliphatic rings. The van der Waals surface area contributed by atoms with Crippen LogP contribution in [0.25, 0.3) is 0 Å². The summed E-state index contributed by atoms with van der Waals surface area (Å²) < 4.78 is 0. The van der Waals surface area contributed by atoms with Gasteiger partial charge in [0.2, 0.25) is 0 Å². The van der Waals surface area contributed by atoms with Crippen LogP contribution in [0.4, 0.5) is 0 Å². The smallest absolute Gasteiger partial charge is 0.00420 e. The summed E-state index contributed by atoms with van der Waals surface area (Å²) in [6.45, 7) is 6.35. The fraction of sp³-hybridized carbons (Fsp3) is 1.00. The molecule has 2 heteroatoms. The lowest BCUT2D eigenvalue weighted by Crippen LogP contribution is -2.36. The van der Waals surface area contributed by atoms with E-state index in [2.05, 4.69) is 11.8 Å². The molecule has 2 N–H and O–H groups in total. The SMILES string of the molecule is CC1CCN(CC2CCC(N)C2)CC1. The molecular formula is C12H24N2. The normalized spacial score (nSPS) is 36.4. The zero-order chi connectivity index (χ0) is 9.97. The summed E-state index contributed by atoms with van der Waals surface area (Å²) in [6, 6.07) is 0.503. The highest BCUT2D eigenvalue weighted by atomic mass is 15.1. The zero-order valence-electron chi connectivity index (χ0n) is 9.41. The minimum absolute atomic E-state index is 0.503. The van der Waals surface area contributed by atoms with Crippen LogP contribution >= 0.6 is 0 Å². The van der Waals surface area contributed by atoms with Gasteiger partial charge in [-0.25, -0.2) is 0 Å². The number of nitrogens with zero attached hydrogens (tertiary/aromatic N) is 1.